The molecule has 1 aromatic rings. The van der Waals surface area contributed by atoms with Gasteiger partial charge in [-0.05, 0) is 13.0 Å². The maximum atomic E-state index is 13.5. The van der Waals surface area contributed by atoms with Crippen molar-refractivity contribution in [2.24, 2.45) is 0 Å². The first-order valence-corrected chi connectivity index (χ1v) is 4.92. The minimum absolute atomic E-state index is 0.0677. The van der Waals surface area contributed by atoms with Crippen LogP contribution in [0.1, 0.15) is 24.8 Å². The van der Waals surface area contributed by atoms with Gasteiger partial charge in [0.15, 0.2) is 0 Å². The van der Waals surface area contributed by atoms with Crippen molar-refractivity contribution in [2.45, 2.75) is 19.3 Å². The first-order valence-electron chi connectivity index (χ1n) is 4.92. The van der Waals surface area contributed by atoms with E-state index in [1.165, 1.54) is 13.2 Å². The van der Waals surface area contributed by atoms with Crippen molar-refractivity contribution in [3.05, 3.63) is 35.6 Å². The summed E-state index contributed by atoms with van der Waals surface area (Å²) >= 11 is 0. The molecule has 0 N–H and O–H groups in total. The lowest BCUT2D eigenvalue weighted by atomic mass is 9.96. The van der Waals surface area contributed by atoms with Gasteiger partial charge in [-0.15, -0.1) is 5.92 Å². The zero-order valence-corrected chi connectivity index (χ0v) is 9.29. The predicted molar refractivity (Wildman–Crippen MR) is 59.2 cm³/mol. The van der Waals surface area contributed by atoms with E-state index in [0.29, 0.717) is 5.56 Å². The molecule has 0 fully saturated rings. The van der Waals surface area contributed by atoms with Gasteiger partial charge in [-0.2, -0.15) is 0 Å². The van der Waals surface area contributed by atoms with E-state index in [0.717, 1.165) is 0 Å². The van der Waals surface area contributed by atoms with Crippen molar-refractivity contribution in [3.63, 3.8) is 0 Å². The van der Waals surface area contributed by atoms with Crippen molar-refractivity contribution in [1.29, 1.82) is 0 Å². The summed E-state index contributed by atoms with van der Waals surface area (Å²) in [5.74, 6) is 4.33. The summed E-state index contributed by atoms with van der Waals surface area (Å²) in [6, 6.07) is 6.32. The predicted octanol–water partition coefficient (Wildman–Crippen LogP) is 2.50. The Morgan fingerprint density at radius 1 is 1.50 bits per heavy atom. The van der Waals surface area contributed by atoms with Crippen molar-refractivity contribution in [2.75, 3.05) is 7.11 Å². The van der Waals surface area contributed by atoms with E-state index in [4.69, 9.17) is 0 Å². The van der Waals surface area contributed by atoms with Gasteiger partial charge in [-0.3, -0.25) is 4.79 Å². The number of ether oxygens (including phenoxy) is 1. The molecule has 0 aliphatic rings. The van der Waals surface area contributed by atoms with E-state index in [1.807, 2.05) is 0 Å². The highest BCUT2D eigenvalue weighted by Gasteiger charge is 2.17. The molecule has 1 aromatic carbocycles. The average molecular weight is 220 g/mol. The molecule has 0 aliphatic carbocycles. The summed E-state index contributed by atoms with van der Waals surface area (Å²) < 4.78 is 18.1. The molecule has 0 saturated carbocycles. The Balaban J connectivity index is 2.97. The highest BCUT2D eigenvalue weighted by Crippen LogP contribution is 2.22. The van der Waals surface area contributed by atoms with Gasteiger partial charge in [-0.1, -0.05) is 24.1 Å². The third-order valence-electron chi connectivity index (χ3n) is 2.20. The fraction of sp³-hybridized carbons (Fsp3) is 0.308. The zero-order chi connectivity index (χ0) is 12.0. The molecule has 0 heterocycles. The van der Waals surface area contributed by atoms with Gasteiger partial charge >= 0.3 is 5.97 Å². The number of benzene rings is 1. The topological polar surface area (TPSA) is 26.3 Å². The van der Waals surface area contributed by atoms with Crippen LogP contribution in [0.2, 0.25) is 0 Å². The van der Waals surface area contributed by atoms with E-state index in [1.54, 1.807) is 25.1 Å². The minimum atomic E-state index is -0.446. The largest absolute Gasteiger partial charge is 0.469 e. The van der Waals surface area contributed by atoms with E-state index in [9.17, 15) is 9.18 Å². The number of halogens is 1. The summed E-state index contributed by atoms with van der Waals surface area (Å²) in [7, 11) is 1.31. The monoisotopic (exact) mass is 220 g/mol. The molecule has 3 heteroatoms. The second-order valence-corrected chi connectivity index (χ2v) is 3.25. The van der Waals surface area contributed by atoms with Gasteiger partial charge in [0, 0.05) is 5.56 Å². The molecule has 0 aliphatic heterocycles. The number of esters is 1. The van der Waals surface area contributed by atoms with Gasteiger partial charge in [0.05, 0.1) is 19.4 Å². The summed E-state index contributed by atoms with van der Waals surface area (Å²) in [6.07, 6.45) is 0.0677. The second kappa shape index (κ2) is 5.92. The fourth-order valence-corrected chi connectivity index (χ4v) is 1.42. The number of methoxy groups -OCH3 is 1. The van der Waals surface area contributed by atoms with Crippen LogP contribution >= 0.6 is 0 Å². The lowest BCUT2D eigenvalue weighted by Crippen LogP contribution is -2.08. The van der Waals surface area contributed by atoms with Crippen LogP contribution in [0.15, 0.2) is 24.3 Å². The van der Waals surface area contributed by atoms with Crippen LogP contribution in [0, 0.1) is 17.7 Å². The summed E-state index contributed by atoms with van der Waals surface area (Å²) in [5.41, 5.74) is 0.433. The highest BCUT2D eigenvalue weighted by atomic mass is 19.1. The third kappa shape index (κ3) is 3.09. The van der Waals surface area contributed by atoms with Crippen molar-refractivity contribution >= 4 is 5.97 Å². The molecule has 2 nitrogen and oxygen atoms in total. The maximum absolute atomic E-state index is 13.5. The van der Waals surface area contributed by atoms with Gasteiger partial charge in [0.1, 0.15) is 5.82 Å². The molecule has 1 unspecified atom stereocenters. The Kier molecular flexibility index (Phi) is 4.53. The number of hydrogen-bond acceptors (Lipinski definition) is 2. The summed E-state index contributed by atoms with van der Waals surface area (Å²) in [4.78, 5) is 11.2. The molecule has 0 spiro atoms. The highest BCUT2D eigenvalue weighted by molar-refractivity contribution is 5.71. The van der Waals surface area contributed by atoms with Crippen LogP contribution in [0.4, 0.5) is 4.39 Å². The lowest BCUT2D eigenvalue weighted by Gasteiger charge is -2.10. The molecule has 0 saturated heterocycles. The van der Waals surface area contributed by atoms with Crippen molar-refractivity contribution in [3.8, 4) is 11.8 Å². The van der Waals surface area contributed by atoms with E-state index in [-0.39, 0.29) is 12.2 Å². The van der Waals surface area contributed by atoms with Crippen molar-refractivity contribution < 1.29 is 13.9 Å². The third-order valence-corrected chi connectivity index (χ3v) is 2.20. The van der Waals surface area contributed by atoms with E-state index >= 15 is 0 Å². The Morgan fingerprint density at radius 3 is 2.75 bits per heavy atom. The number of hydrogen-bond donors (Lipinski definition) is 0. The number of rotatable bonds is 3. The van der Waals surface area contributed by atoms with Crippen LogP contribution in [0.25, 0.3) is 0 Å². The molecular formula is C13H13FO2. The average Bonchev–Trinajstić information content (AvgIpc) is 2.29. The standard InChI is InChI=1S/C13H13FO2/c1-3-6-10(9-13(15)16-2)11-7-4-5-8-12(11)14/h4-5,7-8,10H,9H2,1-2H3. The molecule has 1 atom stereocenters. The lowest BCUT2D eigenvalue weighted by molar-refractivity contribution is -0.140. The Labute approximate surface area is 94.4 Å². The van der Waals surface area contributed by atoms with Crippen LogP contribution < -0.4 is 0 Å². The van der Waals surface area contributed by atoms with Crippen molar-refractivity contribution in [1.82, 2.24) is 0 Å². The second-order valence-electron chi connectivity index (χ2n) is 3.25. The molecule has 0 bridgehead atoms. The minimum Gasteiger partial charge on any atom is -0.469 e. The van der Waals surface area contributed by atoms with Crippen LogP contribution in [0.3, 0.4) is 0 Å². The van der Waals surface area contributed by atoms with Gasteiger partial charge in [0.25, 0.3) is 0 Å². The quantitative estimate of drug-likeness (QED) is 0.578. The van der Waals surface area contributed by atoms with Crippen LogP contribution in [-0.4, -0.2) is 13.1 Å². The maximum Gasteiger partial charge on any atom is 0.307 e. The molecule has 0 amide bonds. The molecular weight excluding hydrogens is 207 g/mol. The number of carbonyl (C=O) groups excluding carboxylic acids is 1. The smallest absolute Gasteiger partial charge is 0.307 e. The first kappa shape index (κ1) is 12.3. The number of carbonyl (C=O) groups is 1. The Morgan fingerprint density at radius 2 is 2.19 bits per heavy atom. The summed E-state index contributed by atoms with van der Waals surface area (Å²) in [6.45, 7) is 1.66. The molecule has 84 valence electrons. The van der Waals surface area contributed by atoms with E-state index in [2.05, 4.69) is 16.6 Å². The van der Waals surface area contributed by atoms with Crippen LogP contribution in [-0.2, 0) is 9.53 Å². The zero-order valence-electron chi connectivity index (χ0n) is 9.29. The van der Waals surface area contributed by atoms with Gasteiger partial charge in [-0.25, -0.2) is 4.39 Å². The SMILES string of the molecule is CC#CC(CC(=O)OC)c1ccccc1F. The Hall–Kier alpha value is -1.82. The van der Waals surface area contributed by atoms with E-state index < -0.39 is 11.9 Å². The summed E-state index contributed by atoms with van der Waals surface area (Å²) in [5, 5.41) is 0. The van der Waals surface area contributed by atoms with Gasteiger partial charge < -0.3 is 4.74 Å². The fourth-order valence-electron chi connectivity index (χ4n) is 1.42. The molecule has 1 rings (SSSR count). The van der Waals surface area contributed by atoms with Gasteiger partial charge in [0.2, 0.25) is 0 Å². The normalized spacial score (nSPS) is 11.2. The molecule has 16 heavy (non-hydrogen) atoms. The molecule has 0 aromatic heterocycles. The Bertz CT molecular complexity index is 429. The van der Waals surface area contributed by atoms with Crippen LogP contribution in [0.5, 0.6) is 0 Å². The molecule has 0 radical (unpaired) electrons. The first-order chi connectivity index (χ1) is 7.69.